The van der Waals surface area contributed by atoms with E-state index < -0.39 is 0 Å². The number of nitrogens with zero attached hydrogens (tertiary/aromatic N) is 1. The van der Waals surface area contributed by atoms with Gasteiger partial charge in [-0.25, -0.2) is 4.39 Å². The van der Waals surface area contributed by atoms with Crippen LogP contribution in [0.25, 0.3) is 0 Å². The molecular weight excluding hydrogens is 381 g/mol. The van der Waals surface area contributed by atoms with Crippen LogP contribution in [0.5, 0.6) is 0 Å². The maximum absolute atomic E-state index is 13.0. The van der Waals surface area contributed by atoms with E-state index >= 15 is 0 Å². The molecule has 0 aromatic heterocycles. The fourth-order valence-corrected chi connectivity index (χ4v) is 3.85. The highest BCUT2D eigenvalue weighted by molar-refractivity contribution is 5.79. The Hall–Kier alpha value is -2.73. The lowest BCUT2D eigenvalue weighted by Crippen LogP contribution is -2.45. The zero-order chi connectivity index (χ0) is 21.5. The third kappa shape index (κ3) is 6.66. The minimum absolute atomic E-state index is 0.0497. The maximum atomic E-state index is 13.0. The molecule has 1 fully saturated rings. The second kappa shape index (κ2) is 10.3. The first kappa shape index (κ1) is 22.0. The molecule has 2 aromatic rings. The third-order valence-electron chi connectivity index (χ3n) is 5.52. The van der Waals surface area contributed by atoms with Crippen LogP contribution in [0.4, 0.5) is 4.39 Å². The molecule has 0 bridgehead atoms. The summed E-state index contributed by atoms with van der Waals surface area (Å²) in [5.41, 5.74) is 3.16. The van der Waals surface area contributed by atoms with Gasteiger partial charge in [0.2, 0.25) is 11.8 Å². The molecule has 5 nitrogen and oxygen atoms in total. The zero-order valence-corrected chi connectivity index (χ0v) is 17.7. The van der Waals surface area contributed by atoms with Gasteiger partial charge >= 0.3 is 0 Å². The molecule has 0 spiro atoms. The number of rotatable bonds is 7. The Morgan fingerprint density at radius 1 is 1.07 bits per heavy atom. The average Bonchev–Trinajstić information content (AvgIpc) is 2.71. The number of hydrogen-bond donors (Lipinski definition) is 2. The van der Waals surface area contributed by atoms with Crippen LogP contribution in [0.2, 0.25) is 0 Å². The number of carbonyl (C=O) groups is 2. The number of piperidine rings is 1. The summed E-state index contributed by atoms with van der Waals surface area (Å²) in [5.74, 6) is -0.419. The highest BCUT2D eigenvalue weighted by atomic mass is 19.1. The van der Waals surface area contributed by atoms with Crippen LogP contribution in [-0.2, 0) is 16.1 Å². The summed E-state index contributed by atoms with van der Waals surface area (Å²) in [7, 11) is 0. The molecular formula is C24H30FN3O2. The Morgan fingerprint density at radius 3 is 2.30 bits per heavy atom. The molecule has 3 rings (SSSR count). The van der Waals surface area contributed by atoms with Crippen molar-refractivity contribution in [2.24, 2.45) is 0 Å². The SMILES string of the molecule is CC(=O)NC(CC(=O)NC1CCN(Cc2ccc(F)cc2)CC1)c1ccc(C)cc1. The van der Waals surface area contributed by atoms with Crippen LogP contribution >= 0.6 is 0 Å². The minimum Gasteiger partial charge on any atom is -0.353 e. The Labute approximate surface area is 177 Å². The zero-order valence-electron chi connectivity index (χ0n) is 17.7. The van der Waals surface area contributed by atoms with E-state index in [-0.39, 0.29) is 36.1 Å². The standard InChI is InChI=1S/C24H30FN3O2/c1-17-3-7-20(8-4-17)23(26-18(2)29)15-24(30)27-22-11-13-28(14-12-22)16-19-5-9-21(25)10-6-19/h3-10,22-23H,11-16H2,1-2H3,(H,26,29)(H,27,30). The number of nitrogens with one attached hydrogen (secondary N) is 2. The lowest BCUT2D eigenvalue weighted by atomic mass is 10.0. The number of amides is 2. The summed E-state index contributed by atoms with van der Waals surface area (Å²) in [6.07, 6.45) is 1.98. The lowest BCUT2D eigenvalue weighted by Gasteiger charge is -2.32. The van der Waals surface area contributed by atoms with Crippen molar-refractivity contribution in [1.82, 2.24) is 15.5 Å². The monoisotopic (exact) mass is 411 g/mol. The summed E-state index contributed by atoms with van der Waals surface area (Å²) in [5, 5.41) is 6.02. The Balaban J connectivity index is 1.48. The summed E-state index contributed by atoms with van der Waals surface area (Å²) < 4.78 is 13.0. The quantitative estimate of drug-likeness (QED) is 0.733. The van der Waals surface area contributed by atoms with Crippen molar-refractivity contribution in [2.75, 3.05) is 13.1 Å². The van der Waals surface area contributed by atoms with Gasteiger partial charge in [0.25, 0.3) is 0 Å². The summed E-state index contributed by atoms with van der Waals surface area (Å²) in [6.45, 7) is 6.03. The average molecular weight is 412 g/mol. The first-order valence-electron chi connectivity index (χ1n) is 10.5. The number of likely N-dealkylation sites (tertiary alicyclic amines) is 1. The van der Waals surface area contributed by atoms with E-state index in [2.05, 4.69) is 15.5 Å². The molecule has 6 heteroatoms. The first-order valence-corrected chi connectivity index (χ1v) is 10.5. The highest BCUT2D eigenvalue weighted by Gasteiger charge is 2.23. The Bertz CT molecular complexity index is 844. The van der Waals surface area contributed by atoms with Gasteiger partial charge in [-0.1, -0.05) is 42.0 Å². The molecule has 2 aromatic carbocycles. The molecule has 1 unspecified atom stereocenters. The van der Waals surface area contributed by atoms with E-state index in [0.29, 0.717) is 0 Å². The molecule has 2 N–H and O–H groups in total. The Kier molecular flexibility index (Phi) is 7.57. The number of benzene rings is 2. The minimum atomic E-state index is -0.332. The second-order valence-electron chi connectivity index (χ2n) is 8.11. The first-order chi connectivity index (χ1) is 14.4. The Morgan fingerprint density at radius 2 is 1.70 bits per heavy atom. The predicted molar refractivity (Wildman–Crippen MR) is 115 cm³/mol. The third-order valence-corrected chi connectivity index (χ3v) is 5.52. The van der Waals surface area contributed by atoms with Crippen molar-refractivity contribution in [1.29, 1.82) is 0 Å². The van der Waals surface area contributed by atoms with Crippen molar-refractivity contribution in [2.45, 2.75) is 51.7 Å². The van der Waals surface area contributed by atoms with Crippen molar-refractivity contribution in [3.8, 4) is 0 Å². The van der Waals surface area contributed by atoms with Crippen LogP contribution in [-0.4, -0.2) is 35.8 Å². The number of halogens is 1. The van der Waals surface area contributed by atoms with Gasteiger partial charge in [-0.2, -0.15) is 0 Å². The summed E-state index contributed by atoms with van der Waals surface area (Å²) in [4.78, 5) is 26.6. The molecule has 1 atom stereocenters. The van der Waals surface area contributed by atoms with Crippen LogP contribution in [0.3, 0.4) is 0 Å². The van der Waals surface area contributed by atoms with Gasteiger partial charge in [-0.3, -0.25) is 14.5 Å². The van der Waals surface area contributed by atoms with Gasteiger partial charge in [0.1, 0.15) is 5.82 Å². The lowest BCUT2D eigenvalue weighted by molar-refractivity contribution is -0.123. The van der Waals surface area contributed by atoms with E-state index in [1.165, 1.54) is 19.1 Å². The van der Waals surface area contributed by atoms with E-state index in [9.17, 15) is 14.0 Å². The number of hydrogen-bond acceptors (Lipinski definition) is 3. The predicted octanol–water partition coefficient (Wildman–Crippen LogP) is 3.48. The molecule has 30 heavy (non-hydrogen) atoms. The molecule has 1 heterocycles. The van der Waals surface area contributed by atoms with Gasteiger partial charge < -0.3 is 10.6 Å². The van der Waals surface area contributed by atoms with Crippen LogP contribution in [0.1, 0.15) is 48.9 Å². The van der Waals surface area contributed by atoms with E-state index in [4.69, 9.17) is 0 Å². The van der Waals surface area contributed by atoms with Crippen molar-refractivity contribution in [3.05, 3.63) is 71.0 Å². The van der Waals surface area contributed by atoms with Gasteiger partial charge in [-0.05, 0) is 43.0 Å². The summed E-state index contributed by atoms with van der Waals surface area (Å²) >= 11 is 0. The molecule has 0 saturated carbocycles. The normalized spacial score (nSPS) is 16.1. The molecule has 1 aliphatic heterocycles. The van der Waals surface area contributed by atoms with Gasteiger partial charge in [0.05, 0.1) is 12.5 Å². The van der Waals surface area contributed by atoms with E-state index in [1.807, 2.05) is 43.3 Å². The molecule has 1 aliphatic rings. The van der Waals surface area contributed by atoms with Gasteiger partial charge in [0.15, 0.2) is 0 Å². The fraction of sp³-hybridized carbons (Fsp3) is 0.417. The largest absolute Gasteiger partial charge is 0.353 e. The topological polar surface area (TPSA) is 61.4 Å². The maximum Gasteiger partial charge on any atom is 0.222 e. The molecule has 0 radical (unpaired) electrons. The molecule has 160 valence electrons. The number of carbonyl (C=O) groups excluding carboxylic acids is 2. The summed E-state index contributed by atoms with van der Waals surface area (Å²) in [6, 6.07) is 14.3. The van der Waals surface area contributed by atoms with Gasteiger partial charge in [-0.15, -0.1) is 0 Å². The van der Waals surface area contributed by atoms with Crippen molar-refractivity contribution >= 4 is 11.8 Å². The number of aryl methyl sites for hydroxylation is 1. The molecule has 1 saturated heterocycles. The van der Waals surface area contributed by atoms with E-state index in [0.717, 1.165) is 49.2 Å². The fourth-order valence-electron chi connectivity index (χ4n) is 3.85. The van der Waals surface area contributed by atoms with Crippen molar-refractivity contribution in [3.63, 3.8) is 0 Å². The molecule has 0 aliphatic carbocycles. The molecule has 2 amide bonds. The van der Waals surface area contributed by atoms with Crippen molar-refractivity contribution < 1.29 is 14.0 Å². The second-order valence-corrected chi connectivity index (χ2v) is 8.11. The van der Waals surface area contributed by atoms with E-state index in [1.54, 1.807) is 0 Å². The highest BCUT2D eigenvalue weighted by Crippen LogP contribution is 2.19. The smallest absolute Gasteiger partial charge is 0.222 e. The van der Waals surface area contributed by atoms with Crippen LogP contribution in [0, 0.1) is 12.7 Å². The van der Waals surface area contributed by atoms with Crippen LogP contribution in [0.15, 0.2) is 48.5 Å². The van der Waals surface area contributed by atoms with Gasteiger partial charge in [0, 0.05) is 32.6 Å². The van der Waals surface area contributed by atoms with Crippen LogP contribution < -0.4 is 10.6 Å².